The van der Waals surface area contributed by atoms with Gasteiger partial charge in [-0.3, -0.25) is 0 Å². The number of rotatable bonds is 3. The summed E-state index contributed by atoms with van der Waals surface area (Å²) in [6, 6.07) is 0.244. The van der Waals surface area contributed by atoms with E-state index in [4.69, 9.17) is 11.5 Å². The van der Waals surface area contributed by atoms with Crippen molar-refractivity contribution in [2.45, 2.75) is 19.9 Å². The Bertz CT molecular complexity index is 323. The fraction of sp³-hybridized carbons (Fsp3) is 0.556. The minimum Gasteiger partial charge on any atom is -0.382 e. The van der Waals surface area contributed by atoms with E-state index < -0.39 is 0 Å². The topological polar surface area (TPSA) is 93.1 Å². The molecule has 0 amide bonds. The maximum atomic E-state index is 5.79. The third-order valence-electron chi connectivity index (χ3n) is 1.80. The van der Waals surface area contributed by atoms with Gasteiger partial charge in [0.05, 0.1) is 0 Å². The van der Waals surface area contributed by atoms with E-state index in [0.29, 0.717) is 23.3 Å². The van der Waals surface area contributed by atoms with Gasteiger partial charge in [0.2, 0.25) is 5.95 Å². The second-order valence-corrected chi connectivity index (χ2v) is 3.86. The molecule has 1 heterocycles. The summed E-state index contributed by atoms with van der Waals surface area (Å²) >= 11 is 0. The fourth-order valence-corrected chi connectivity index (χ4v) is 1.27. The van der Waals surface area contributed by atoms with Crippen LogP contribution in [0.25, 0.3) is 0 Å². The van der Waals surface area contributed by atoms with Gasteiger partial charge in [0, 0.05) is 20.1 Å². The van der Waals surface area contributed by atoms with Crippen LogP contribution in [0.5, 0.6) is 0 Å². The molecular weight excluding hydrogens is 192 g/mol. The summed E-state index contributed by atoms with van der Waals surface area (Å²) in [5.41, 5.74) is 12.2. The molecule has 0 saturated carbocycles. The van der Waals surface area contributed by atoms with Gasteiger partial charge in [0.15, 0.2) is 11.6 Å². The van der Waals surface area contributed by atoms with Crippen LogP contribution in [0.1, 0.15) is 13.8 Å². The van der Waals surface area contributed by atoms with Gasteiger partial charge in [-0.25, -0.2) is 0 Å². The summed E-state index contributed by atoms with van der Waals surface area (Å²) in [6.07, 6.45) is 0. The monoisotopic (exact) mass is 210 g/mol. The van der Waals surface area contributed by atoms with Crippen molar-refractivity contribution in [1.82, 2.24) is 9.97 Å². The first kappa shape index (κ1) is 11.4. The van der Waals surface area contributed by atoms with Gasteiger partial charge < -0.3 is 21.7 Å². The van der Waals surface area contributed by atoms with Gasteiger partial charge in [-0.15, -0.1) is 0 Å². The third-order valence-corrected chi connectivity index (χ3v) is 1.80. The molecule has 15 heavy (non-hydrogen) atoms. The van der Waals surface area contributed by atoms with E-state index in [-0.39, 0.29) is 6.04 Å². The molecule has 0 bridgehead atoms. The van der Waals surface area contributed by atoms with Crippen LogP contribution >= 0.6 is 0 Å². The number of hydrogen-bond donors (Lipinski definition) is 3. The summed E-state index contributed by atoms with van der Waals surface area (Å²) in [7, 11) is 3.70. The molecule has 0 aliphatic heterocycles. The van der Waals surface area contributed by atoms with Gasteiger partial charge >= 0.3 is 0 Å². The molecule has 0 atom stereocenters. The molecule has 6 heteroatoms. The second-order valence-electron chi connectivity index (χ2n) is 3.86. The molecule has 84 valence electrons. The van der Waals surface area contributed by atoms with E-state index in [1.165, 1.54) is 0 Å². The molecule has 0 aliphatic carbocycles. The molecule has 0 spiro atoms. The lowest BCUT2D eigenvalue weighted by molar-refractivity contribution is 0.875. The van der Waals surface area contributed by atoms with Crippen molar-refractivity contribution in [1.29, 1.82) is 0 Å². The number of nitrogens with two attached hydrogens (primary N) is 2. The summed E-state index contributed by atoms with van der Waals surface area (Å²) in [5.74, 6) is 1.23. The lowest BCUT2D eigenvalue weighted by atomic mass is 10.4. The standard InChI is InChI=1S/C9H18N6/c1-5(2)12-9-13-7(10)6(15(3)4)8(11)14-9/h5H,1-4H3,(H5,10,11,12,13,14). The maximum absolute atomic E-state index is 5.79. The Balaban J connectivity index is 3.08. The number of anilines is 4. The van der Waals surface area contributed by atoms with E-state index in [9.17, 15) is 0 Å². The van der Waals surface area contributed by atoms with Gasteiger partial charge in [-0.05, 0) is 13.8 Å². The van der Waals surface area contributed by atoms with E-state index in [0.717, 1.165) is 0 Å². The highest BCUT2D eigenvalue weighted by Crippen LogP contribution is 2.26. The number of hydrogen-bond acceptors (Lipinski definition) is 6. The molecule has 5 N–H and O–H groups in total. The first-order chi connectivity index (χ1) is 6.91. The van der Waals surface area contributed by atoms with Crippen LogP contribution in [0.15, 0.2) is 0 Å². The summed E-state index contributed by atoms with van der Waals surface area (Å²) < 4.78 is 0. The summed E-state index contributed by atoms with van der Waals surface area (Å²) in [4.78, 5) is 10.1. The predicted molar refractivity (Wildman–Crippen MR) is 63.9 cm³/mol. The average molecular weight is 210 g/mol. The van der Waals surface area contributed by atoms with E-state index >= 15 is 0 Å². The highest BCUT2D eigenvalue weighted by atomic mass is 15.2. The number of nitrogens with one attached hydrogen (secondary N) is 1. The molecule has 0 fully saturated rings. The zero-order valence-electron chi connectivity index (χ0n) is 9.57. The van der Waals surface area contributed by atoms with Crippen molar-refractivity contribution in [2.24, 2.45) is 0 Å². The Morgan fingerprint density at radius 3 is 1.93 bits per heavy atom. The van der Waals surface area contributed by atoms with Crippen LogP contribution in [-0.2, 0) is 0 Å². The smallest absolute Gasteiger partial charge is 0.226 e. The molecule has 1 rings (SSSR count). The Hall–Kier alpha value is -1.72. The molecule has 1 aromatic heterocycles. The SMILES string of the molecule is CC(C)Nc1nc(N)c(N(C)C)c(N)n1. The molecule has 0 radical (unpaired) electrons. The van der Waals surface area contributed by atoms with Gasteiger partial charge in [-0.2, -0.15) is 9.97 Å². The van der Waals surface area contributed by atoms with Crippen molar-refractivity contribution in [2.75, 3.05) is 35.8 Å². The van der Waals surface area contributed by atoms with E-state index in [1.807, 2.05) is 27.9 Å². The second kappa shape index (κ2) is 4.20. The normalized spacial score (nSPS) is 10.5. The third kappa shape index (κ3) is 2.61. The number of aromatic nitrogens is 2. The molecule has 0 unspecified atom stereocenters. The first-order valence-electron chi connectivity index (χ1n) is 4.78. The predicted octanol–water partition coefficient (Wildman–Crippen LogP) is 0.527. The Morgan fingerprint density at radius 2 is 1.60 bits per heavy atom. The highest BCUT2D eigenvalue weighted by Gasteiger charge is 2.11. The van der Waals surface area contributed by atoms with Crippen LogP contribution in [-0.4, -0.2) is 30.1 Å². The van der Waals surface area contributed by atoms with Crippen molar-refractivity contribution in [3.05, 3.63) is 0 Å². The van der Waals surface area contributed by atoms with E-state index in [2.05, 4.69) is 15.3 Å². The van der Waals surface area contributed by atoms with Gasteiger partial charge in [0.25, 0.3) is 0 Å². The molecule has 1 aromatic rings. The Morgan fingerprint density at radius 1 is 1.13 bits per heavy atom. The minimum absolute atomic E-state index is 0.244. The average Bonchev–Trinajstić information content (AvgIpc) is 1.99. The number of nitrogens with zero attached hydrogens (tertiary/aromatic N) is 3. The maximum Gasteiger partial charge on any atom is 0.226 e. The highest BCUT2D eigenvalue weighted by molar-refractivity contribution is 5.76. The van der Waals surface area contributed by atoms with Crippen LogP contribution < -0.4 is 21.7 Å². The Kier molecular flexibility index (Phi) is 3.18. The lowest BCUT2D eigenvalue weighted by Crippen LogP contribution is -2.19. The largest absolute Gasteiger partial charge is 0.382 e. The van der Waals surface area contributed by atoms with Crippen molar-refractivity contribution >= 4 is 23.3 Å². The van der Waals surface area contributed by atoms with Gasteiger partial charge in [-0.1, -0.05) is 0 Å². The summed E-state index contributed by atoms with van der Waals surface area (Å²) in [5, 5.41) is 3.05. The van der Waals surface area contributed by atoms with Crippen molar-refractivity contribution in [3.8, 4) is 0 Å². The van der Waals surface area contributed by atoms with Crippen LogP contribution in [0.2, 0.25) is 0 Å². The molecule has 0 aromatic carbocycles. The lowest BCUT2D eigenvalue weighted by Gasteiger charge is -2.17. The van der Waals surface area contributed by atoms with Crippen LogP contribution in [0.3, 0.4) is 0 Å². The van der Waals surface area contributed by atoms with Crippen molar-refractivity contribution in [3.63, 3.8) is 0 Å². The van der Waals surface area contributed by atoms with Crippen LogP contribution in [0, 0.1) is 0 Å². The Labute approximate surface area is 89.7 Å². The summed E-state index contributed by atoms with van der Waals surface area (Å²) in [6.45, 7) is 3.99. The zero-order chi connectivity index (χ0) is 11.6. The zero-order valence-corrected chi connectivity index (χ0v) is 9.57. The molecule has 6 nitrogen and oxygen atoms in total. The number of nitrogen functional groups attached to an aromatic ring is 2. The van der Waals surface area contributed by atoms with Gasteiger partial charge in [0.1, 0.15) is 5.69 Å². The molecule has 0 saturated heterocycles. The molecular formula is C9H18N6. The molecule has 0 aliphatic rings. The van der Waals surface area contributed by atoms with Crippen molar-refractivity contribution < 1.29 is 0 Å². The minimum atomic E-state index is 0.244. The quantitative estimate of drug-likeness (QED) is 0.673. The van der Waals surface area contributed by atoms with Crippen LogP contribution in [0.4, 0.5) is 23.3 Å². The fourth-order valence-electron chi connectivity index (χ4n) is 1.27. The van der Waals surface area contributed by atoms with E-state index in [1.54, 1.807) is 4.90 Å². The first-order valence-corrected chi connectivity index (χ1v) is 4.78.